The predicted octanol–water partition coefficient (Wildman–Crippen LogP) is 4.44. The van der Waals surface area contributed by atoms with Gasteiger partial charge in [-0.05, 0) is 55.9 Å². The topological polar surface area (TPSA) is 43.4 Å². The summed E-state index contributed by atoms with van der Waals surface area (Å²) >= 11 is 0. The second-order valence-electron chi connectivity index (χ2n) is 11.8. The summed E-state index contributed by atoms with van der Waals surface area (Å²) in [6.07, 6.45) is 5.38. The molecule has 1 spiro atoms. The molecule has 6 fully saturated rings. The van der Waals surface area contributed by atoms with Crippen LogP contribution in [0.15, 0.2) is 30.3 Å². The standard InChI is InChI=1S/C28H42N2O4/c1-20-9-10-24-21(2)25(31-26-28(24)23(20)11-13-27(3,32-26)33-34-28)12-14-29-15-17-30(18-16-29)19-22-7-5-4-6-8-22/h4-8,20-21,23-26H,9-19H2,1-3H3/t20-,21-,23+,24+,25-,26-,27-,28-/m1/s1. The van der Waals surface area contributed by atoms with E-state index in [1.807, 2.05) is 6.92 Å². The van der Waals surface area contributed by atoms with E-state index in [1.165, 1.54) is 18.4 Å². The maximum Gasteiger partial charge on any atom is 0.201 e. The van der Waals surface area contributed by atoms with Crippen molar-refractivity contribution in [1.82, 2.24) is 9.80 Å². The fourth-order valence-corrected chi connectivity index (χ4v) is 7.63. The SMILES string of the molecule is C[C@H]1[C@@H](CCN2CCN(Cc3ccccc3)CC2)O[C@@H]2O[C@@]3(C)CC[C@H]4[C@H](C)CC[C@@H]1[C@@]24OO3. The van der Waals surface area contributed by atoms with Gasteiger partial charge in [-0.15, -0.1) is 0 Å². The van der Waals surface area contributed by atoms with Crippen LogP contribution in [-0.2, 0) is 25.8 Å². The highest BCUT2D eigenvalue weighted by atomic mass is 17.3. The Morgan fingerprint density at radius 3 is 2.47 bits per heavy atom. The number of benzene rings is 1. The molecule has 6 heteroatoms. The third-order valence-corrected chi connectivity index (χ3v) is 9.74. The van der Waals surface area contributed by atoms with Gasteiger partial charge in [0.05, 0.1) is 6.10 Å². The zero-order valence-corrected chi connectivity index (χ0v) is 21.2. The lowest BCUT2D eigenvalue weighted by Gasteiger charge is -2.60. The van der Waals surface area contributed by atoms with Crippen molar-refractivity contribution in [3.05, 3.63) is 35.9 Å². The van der Waals surface area contributed by atoms with Crippen molar-refractivity contribution in [3.63, 3.8) is 0 Å². The summed E-state index contributed by atoms with van der Waals surface area (Å²) in [6, 6.07) is 10.8. The Hall–Kier alpha value is -1.02. The summed E-state index contributed by atoms with van der Waals surface area (Å²) in [6.45, 7) is 13.5. The van der Waals surface area contributed by atoms with Gasteiger partial charge in [0, 0.05) is 51.6 Å². The molecule has 188 valence electrons. The summed E-state index contributed by atoms with van der Waals surface area (Å²) in [5.74, 6) is 1.26. The van der Waals surface area contributed by atoms with Gasteiger partial charge in [-0.3, -0.25) is 4.90 Å². The largest absolute Gasteiger partial charge is 0.346 e. The van der Waals surface area contributed by atoms with Gasteiger partial charge in [0.1, 0.15) is 0 Å². The van der Waals surface area contributed by atoms with Gasteiger partial charge >= 0.3 is 0 Å². The van der Waals surface area contributed by atoms with Crippen LogP contribution in [0.2, 0.25) is 0 Å². The Kier molecular flexibility index (Phi) is 6.28. The van der Waals surface area contributed by atoms with Gasteiger partial charge in [-0.25, -0.2) is 9.78 Å². The van der Waals surface area contributed by atoms with E-state index < -0.39 is 11.4 Å². The highest BCUT2D eigenvalue weighted by molar-refractivity contribution is 5.14. The van der Waals surface area contributed by atoms with Crippen molar-refractivity contribution >= 4 is 0 Å². The monoisotopic (exact) mass is 470 g/mol. The van der Waals surface area contributed by atoms with Crippen molar-refractivity contribution in [1.29, 1.82) is 0 Å². The summed E-state index contributed by atoms with van der Waals surface area (Å²) < 4.78 is 13.3. The van der Waals surface area contributed by atoms with Crippen LogP contribution in [0.25, 0.3) is 0 Å². The van der Waals surface area contributed by atoms with Gasteiger partial charge in [-0.2, -0.15) is 0 Å². The molecule has 1 aliphatic carbocycles. The van der Waals surface area contributed by atoms with Gasteiger partial charge in [0.25, 0.3) is 0 Å². The zero-order chi connectivity index (χ0) is 23.3. The minimum Gasteiger partial charge on any atom is -0.346 e. The lowest BCUT2D eigenvalue weighted by Crippen LogP contribution is -2.70. The summed E-state index contributed by atoms with van der Waals surface area (Å²) in [5.41, 5.74) is 0.971. The minimum atomic E-state index is -0.683. The number of hydrogen-bond acceptors (Lipinski definition) is 6. The Bertz CT molecular complexity index is 846. The molecule has 0 radical (unpaired) electrons. The van der Waals surface area contributed by atoms with E-state index in [0.717, 1.165) is 58.5 Å². The Morgan fingerprint density at radius 2 is 1.68 bits per heavy atom. The third kappa shape index (κ3) is 4.04. The molecule has 1 aromatic carbocycles. The molecule has 2 bridgehead atoms. The van der Waals surface area contributed by atoms with Crippen LogP contribution in [0.5, 0.6) is 0 Å². The summed E-state index contributed by atoms with van der Waals surface area (Å²) in [5, 5.41) is 0. The van der Waals surface area contributed by atoms with Crippen LogP contribution in [0, 0.1) is 23.7 Å². The first-order valence-corrected chi connectivity index (χ1v) is 13.7. The number of ether oxygens (including phenoxy) is 2. The molecular weight excluding hydrogens is 428 g/mol. The average molecular weight is 471 g/mol. The molecule has 6 aliphatic rings. The number of piperazine rings is 1. The van der Waals surface area contributed by atoms with E-state index in [-0.39, 0.29) is 12.4 Å². The van der Waals surface area contributed by atoms with Gasteiger partial charge in [0.2, 0.25) is 5.79 Å². The van der Waals surface area contributed by atoms with E-state index in [2.05, 4.69) is 54.0 Å². The van der Waals surface area contributed by atoms with Crippen LogP contribution in [0.4, 0.5) is 0 Å². The molecule has 0 amide bonds. The molecule has 1 aromatic rings. The number of hydrogen-bond donors (Lipinski definition) is 0. The lowest BCUT2D eigenvalue weighted by atomic mass is 9.57. The highest BCUT2D eigenvalue weighted by Crippen LogP contribution is 2.60. The number of nitrogens with zero attached hydrogens (tertiary/aromatic N) is 2. The highest BCUT2D eigenvalue weighted by Gasteiger charge is 2.69. The zero-order valence-electron chi connectivity index (χ0n) is 21.2. The van der Waals surface area contributed by atoms with Crippen molar-refractivity contribution < 1.29 is 19.2 Å². The number of fused-ring (bicyclic) bond motifs is 2. The van der Waals surface area contributed by atoms with Gasteiger partial charge in [0.15, 0.2) is 11.9 Å². The number of rotatable bonds is 5. The molecule has 5 aliphatic heterocycles. The van der Waals surface area contributed by atoms with Crippen LogP contribution in [0.3, 0.4) is 0 Å². The Labute approximate surface area is 204 Å². The Morgan fingerprint density at radius 1 is 0.912 bits per heavy atom. The van der Waals surface area contributed by atoms with Crippen LogP contribution >= 0.6 is 0 Å². The second-order valence-corrected chi connectivity index (χ2v) is 11.8. The molecule has 5 saturated heterocycles. The van der Waals surface area contributed by atoms with Crippen LogP contribution < -0.4 is 0 Å². The molecule has 6 nitrogen and oxygen atoms in total. The van der Waals surface area contributed by atoms with Crippen molar-refractivity contribution in [3.8, 4) is 0 Å². The predicted molar refractivity (Wildman–Crippen MR) is 130 cm³/mol. The first-order chi connectivity index (χ1) is 16.5. The Balaban J connectivity index is 1.08. The fourth-order valence-electron chi connectivity index (χ4n) is 7.63. The van der Waals surface area contributed by atoms with Crippen molar-refractivity contribution in [2.75, 3.05) is 32.7 Å². The van der Waals surface area contributed by atoms with E-state index in [1.54, 1.807) is 0 Å². The summed E-state index contributed by atoms with van der Waals surface area (Å²) in [7, 11) is 0. The molecule has 0 aromatic heterocycles. The van der Waals surface area contributed by atoms with Crippen molar-refractivity contribution in [2.24, 2.45) is 23.7 Å². The minimum absolute atomic E-state index is 0.212. The molecule has 0 N–H and O–H groups in total. The van der Waals surface area contributed by atoms with Gasteiger partial charge in [-0.1, -0.05) is 44.2 Å². The van der Waals surface area contributed by atoms with Crippen LogP contribution in [-0.4, -0.2) is 66.3 Å². The second kappa shape index (κ2) is 9.13. The lowest BCUT2D eigenvalue weighted by molar-refractivity contribution is -0.571. The molecule has 0 unspecified atom stereocenters. The first-order valence-electron chi connectivity index (χ1n) is 13.7. The van der Waals surface area contributed by atoms with Crippen molar-refractivity contribution in [2.45, 2.75) is 83.2 Å². The van der Waals surface area contributed by atoms with E-state index in [0.29, 0.717) is 23.7 Å². The normalized spacial score (nSPS) is 45.0. The smallest absolute Gasteiger partial charge is 0.201 e. The van der Waals surface area contributed by atoms with E-state index in [9.17, 15) is 0 Å². The molecule has 1 saturated carbocycles. The maximum atomic E-state index is 6.78. The summed E-state index contributed by atoms with van der Waals surface area (Å²) in [4.78, 5) is 17.4. The fraction of sp³-hybridized carbons (Fsp3) is 0.786. The molecule has 7 rings (SSSR count). The average Bonchev–Trinajstić information content (AvgIpc) is 3.08. The van der Waals surface area contributed by atoms with Crippen LogP contribution in [0.1, 0.15) is 58.4 Å². The van der Waals surface area contributed by atoms with E-state index >= 15 is 0 Å². The van der Waals surface area contributed by atoms with Gasteiger partial charge < -0.3 is 14.4 Å². The molecule has 5 heterocycles. The molecular formula is C28H42N2O4. The molecule has 34 heavy (non-hydrogen) atoms. The first kappa shape index (κ1) is 23.4. The third-order valence-electron chi connectivity index (χ3n) is 9.74. The quantitative estimate of drug-likeness (QED) is 0.593. The molecule has 8 atom stereocenters. The maximum absolute atomic E-state index is 6.78. The van der Waals surface area contributed by atoms with E-state index in [4.69, 9.17) is 19.2 Å².